The van der Waals surface area contributed by atoms with Crippen molar-refractivity contribution in [2.45, 2.75) is 77.5 Å². The van der Waals surface area contributed by atoms with E-state index in [-0.39, 0.29) is 11.8 Å². The zero-order valence-electron chi connectivity index (χ0n) is 18.3. The zero-order chi connectivity index (χ0) is 23.0. The summed E-state index contributed by atoms with van der Waals surface area (Å²) in [5, 5.41) is 23.7. The predicted molar refractivity (Wildman–Crippen MR) is 110 cm³/mol. The van der Waals surface area contributed by atoms with Crippen molar-refractivity contribution in [2.75, 3.05) is 13.2 Å². The summed E-state index contributed by atoms with van der Waals surface area (Å²) in [5.41, 5.74) is 5.53. The minimum Gasteiger partial charge on any atom is -0.480 e. The van der Waals surface area contributed by atoms with Crippen LogP contribution in [0, 0.1) is 11.8 Å². The number of carbonyl (C=O) groups is 4. The van der Waals surface area contributed by atoms with Gasteiger partial charge in [-0.25, -0.2) is 4.79 Å². The van der Waals surface area contributed by atoms with Crippen molar-refractivity contribution in [3.05, 3.63) is 0 Å². The van der Waals surface area contributed by atoms with Crippen molar-refractivity contribution in [1.82, 2.24) is 15.5 Å². The van der Waals surface area contributed by atoms with E-state index in [1.807, 2.05) is 27.7 Å². The van der Waals surface area contributed by atoms with Gasteiger partial charge in [0.1, 0.15) is 24.2 Å². The van der Waals surface area contributed by atoms with Crippen LogP contribution in [0.5, 0.6) is 0 Å². The summed E-state index contributed by atoms with van der Waals surface area (Å²) < 4.78 is 0. The van der Waals surface area contributed by atoms with E-state index >= 15 is 0 Å². The number of hydrogen-bond donors (Lipinski definition) is 5. The quantitative estimate of drug-likeness (QED) is 0.295. The second-order valence-electron chi connectivity index (χ2n) is 8.38. The number of rotatable bonds is 11. The van der Waals surface area contributed by atoms with Crippen LogP contribution in [0.3, 0.4) is 0 Å². The molecule has 1 aliphatic heterocycles. The number of nitrogens with one attached hydrogen (secondary N) is 2. The fraction of sp³-hybridized carbons (Fsp3) is 0.800. The Labute approximate surface area is 177 Å². The Morgan fingerprint density at radius 3 is 2.27 bits per heavy atom. The molecule has 0 saturated carbocycles. The number of carboxylic acid groups (broad SMARTS) is 1. The third-order valence-electron chi connectivity index (χ3n) is 5.47. The monoisotopic (exact) mass is 428 g/mol. The molecular formula is C20H36N4O6. The molecule has 0 aliphatic carbocycles. The number of nitrogens with two attached hydrogens (primary N) is 1. The number of carbonyl (C=O) groups excluding carboxylic acids is 3. The van der Waals surface area contributed by atoms with Crippen LogP contribution in [0.2, 0.25) is 0 Å². The molecular weight excluding hydrogens is 392 g/mol. The molecule has 1 saturated heterocycles. The summed E-state index contributed by atoms with van der Waals surface area (Å²) in [5.74, 6) is -2.84. The Balaban J connectivity index is 3.02. The number of aliphatic hydroxyl groups is 1. The molecule has 10 nitrogen and oxygen atoms in total. The molecule has 1 heterocycles. The second-order valence-corrected chi connectivity index (χ2v) is 8.38. The molecule has 5 unspecified atom stereocenters. The summed E-state index contributed by atoms with van der Waals surface area (Å²) in [6.07, 6.45) is 1.89. The molecule has 0 radical (unpaired) electrons. The average Bonchev–Trinajstić information content (AvgIpc) is 3.19. The van der Waals surface area contributed by atoms with Gasteiger partial charge in [-0.1, -0.05) is 34.1 Å². The fourth-order valence-corrected chi connectivity index (χ4v) is 3.47. The Morgan fingerprint density at radius 2 is 1.77 bits per heavy atom. The standard InChI is InChI=1S/C20H36N4O6/c1-5-12(4)16(19(28)24-8-6-7-15(24)20(29)30)23-18(27)14(9-11(2)3)22-17(26)13(21)10-25/h11-16,25H,5-10,21H2,1-4H3,(H,22,26)(H,23,27)(H,29,30). The van der Waals surface area contributed by atoms with E-state index in [9.17, 15) is 24.3 Å². The van der Waals surface area contributed by atoms with Crippen molar-refractivity contribution in [1.29, 1.82) is 0 Å². The molecule has 3 amide bonds. The van der Waals surface area contributed by atoms with E-state index in [1.165, 1.54) is 4.90 Å². The topological polar surface area (TPSA) is 162 Å². The van der Waals surface area contributed by atoms with Crippen molar-refractivity contribution in [3.8, 4) is 0 Å². The van der Waals surface area contributed by atoms with E-state index in [2.05, 4.69) is 10.6 Å². The molecule has 0 spiro atoms. The Morgan fingerprint density at radius 1 is 1.13 bits per heavy atom. The fourth-order valence-electron chi connectivity index (χ4n) is 3.47. The maximum atomic E-state index is 13.1. The van der Waals surface area contributed by atoms with E-state index in [0.717, 1.165) is 0 Å². The van der Waals surface area contributed by atoms with Gasteiger partial charge in [0.05, 0.1) is 6.61 Å². The van der Waals surface area contributed by atoms with Gasteiger partial charge >= 0.3 is 5.97 Å². The molecule has 10 heteroatoms. The van der Waals surface area contributed by atoms with E-state index in [4.69, 9.17) is 10.8 Å². The number of aliphatic carboxylic acids is 1. The summed E-state index contributed by atoms with van der Waals surface area (Å²) in [4.78, 5) is 51.0. The van der Waals surface area contributed by atoms with Crippen molar-refractivity contribution in [2.24, 2.45) is 17.6 Å². The maximum Gasteiger partial charge on any atom is 0.326 e. The Hall–Kier alpha value is -2.20. The number of carboxylic acids is 1. The van der Waals surface area contributed by atoms with Gasteiger partial charge in [0.25, 0.3) is 0 Å². The summed E-state index contributed by atoms with van der Waals surface area (Å²) in [6, 6.07) is -3.88. The zero-order valence-corrected chi connectivity index (χ0v) is 18.3. The first kappa shape index (κ1) is 25.8. The van der Waals surface area contributed by atoms with Gasteiger partial charge in [-0.3, -0.25) is 14.4 Å². The Kier molecular flexibility index (Phi) is 10.2. The number of likely N-dealkylation sites (tertiary alicyclic amines) is 1. The van der Waals surface area contributed by atoms with Crippen molar-refractivity contribution < 1.29 is 29.4 Å². The first-order valence-corrected chi connectivity index (χ1v) is 10.5. The lowest BCUT2D eigenvalue weighted by Gasteiger charge is -2.32. The van der Waals surface area contributed by atoms with Gasteiger partial charge in [-0.15, -0.1) is 0 Å². The highest BCUT2D eigenvalue weighted by Crippen LogP contribution is 2.21. The SMILES string of the molecule is CCC(C)C(NC(=O)C(CC(C)C)NC(=O)C(N)CO)C(=O)N1CCCC1C(=O)O. The first-order chi connectivity index (χ1) is 14.0. The van der Waals surface area contributed by atoms with Gasteiger partial charge in [-0.2, -0.15) is 0 Å². The van der Waals surface area contributed by atoms with Crippen LogP contribution < -0.4 is 16.4 Å². The van der Waals surface area contributed by atoms with Crippen LogP contribution in [-0.2, 0) is 19.2 Å². The van der Waals surface area contributed by atoms with Crippen LogP contribution >= 0.6 is 0 Å². The molecule has 30 heavy (non-hydrogen) atoms. The highest BCUT2D eigenvalue weighted by Gasteiger charge is 2.40. The molecule has 1 rings (SSSR count). The van der Waals surface area contributed by atoms with Crippen LogP contribution in [-0.4, -0.2) is 76.1 Å². The average molecular weight is 429 g/mol. The number of hydrogen-bond acceptors (Lipinski definition) is 6. The summed E-state index contributed by atoms with van der Waals surface area (Å²) >= 11 is 0. The predicted octanol–water partition coefficient (Wildman–Crippen LogP) is -0.557. The normalized spacial score (nSPS) is 20.4. The molecule has 172 valence electrons. The van der Waals surface area contributed by atoms with Gasteiger partial charge in [0, 0.05) is 6.54 Å². The maximum absolute atomic E-state index is 13.1. The summed E-state index contributed by atoms with van der Waals surface area (Å²) in [6.45, 7) is 7.24. The molecule has 1 fully saturated rings. The Bertz CT molecular complexity index is 626. The molecule has 0 bridgehead atoms. The van der Waals surface area contributed by atoms with Crippen LogP contribution in [0.25, 0.3) is 0 Å². The highest BCUT2D eigenvalue weighted by molar-refractivity contribution is 5.94. The summed E-state index contributed by atoms with van der Waals surface area (Å²) in [7, 11) is 0. The van der Waals surface area contributed by atoms with Crippen LogP contribution in [0.15, 0.2) is 0 Å². The minimum absolute atomic E-state index is 0.0686. The van der Waals surface area contributed by atoms with Gasteiger partial charge in [-0.05, 0) is 31.1 Å². The molecule has 6 N–H and O–H groups in total. The van der Waals surface area contributed by atoms with Crippen molar-refractivity contribution >= 4 is 23.7 Å². The van der Waals surface area contributed by atoms with E-state index < -0.39 is 54.5 Å². The number of amides is 3. The molecule has 0 aromatic rings. The van der Waals surface area contributed by atoms with Crippen molar-refractivity contribution in [3.63, 3.8) is 0 Å². The third-order valence-corrected chi connectivity index (χ3v) is 5.47. The highest BCUT2D eigenvalue weighted by atomic mass is 16.4. The van der Waals surface area contributed by atoms with Gasteiger partial charge in [0.15, 0.2) is 0 Å². The van der Waals surface area contributed by atoms with Crippen LogP contribution in [0.1, 0.15) is 53.4 Å². The lowest BCUT2D eigenvalue weighted by Crippen LogP contribution is -2.59. The smallest absolute Gasteiger partial charge is 0.326 e. The first-order valence-electron chi connectivity index (χ1n) is 10.5. The lowest BCUT2D eigenvalue weighted by atomic mass is 9.96. The molecule has 0 aromatic carbocycles. The third kappa shape index (κ3) is 6.94. The second kappa shape index (κ2) is 11.8. The number of aliphatic hydroxyl groups excluding tert-OH is 1. The molecule has 5 atom stereocenters. The van der Waals surface area contributed by atoms with Gasteiger partial charge in [0.2, 0.25) is 17.7 Å². The number of nitrogens with zero attached hydrogens (tertiary/aromatic N) is 1. The largest absolute Gasteiger partial charge is 0.480 e. The minimum atomic E-state index is -1.15. The van der Waals surface area contributed by atoms with Crippen LogP contribution in [0.4, 0.5) is 0 Å². The lowest BCUT2D eigenvalue weighted by molar-refractivity contribution is -0.150. The van der Waals surface area contributed by atoms with E-state index in [0.29, 0.717) is 32.2 Å². The van der Waals surface area contributed by atoms with E-state index in [1.54, 1.807) is 0 Å². The molecule has 0 aromatic heterocycles. The molecule has 1 aliphatic rings. The van der Waals surface area contributed by atoms with Gasteiger partial charge < -0.3 is 31.5 Å².